The Morgan fingerprint density at radius 2 is 1.74 bits per heavy atom. The number of benzene rings is 2. The number of carbonyl (C=O) groups excluding carboxylic acids is 2. The van der Waals surface area contributed by atoms with Gasteiger partial charge in [0, 0.05) is 34.7 Å². The van der Waals surface area contributed by atoms with Crippen molar-refractivity contribution < 1.29 is 14.3 Å². The predicted molar refractivity (Wildman–Crippen MR) is 159 cm³/mol. The van der Waals surface area contributed by atoms with Crippen molar-refractivity contribution in [2.45, 2.75) is 76.0 Å². The summed E-state index contributed by atoms with van der Waals surface area (Å²) in [6, 6.07) is 13.7. The molecule has 0 aromatic heterocycles. The zero-order chi connectivity index (χ0) is 28.8. The summed E-state index contributed by atoms with van der Waals surface area (Å²) in [7, 11) is 0. The number of amides is 2. The number of hydrogen-bond acceptors (Lipinski definition) is 7. The Kier molecular flexibility index (Phi) is 9.90. The molecule has 1 aliphatic rings. The molecule has 0 unspecified atom stereocenters. The molecule has 39 heavy (non-hydrogen) atoms. The molecule has 1 fully saturated rings. The number of hydrogen-bond donors (Lipinski definition) is 4. The van der Waals surface area contributed by atoms with Crippen LogP contribution < -0.4 is 22.4 Å². The predicted octanol–water partition coefficient (Wildman–Crippen LogP) is 5.30. The number of nitrogens with zero attached hydrogens (tertiary/aromatic N) is 2. The Balaban J connectivity index is 1.77. The van der Waals surface area contributed by atoms with Gasteiger partial charge in [-0.2, -0.15) is 0 Å². The number of amidine groups is 1. The second kappa shape index (κ2) is 12.7. The first-order valence-corrected chi connectivity index (χ1v) is 14.1. The van der Waals surface area contributed by atoms with Crippen molar-refractivity contribution in [2.24, 2.45) is 22.6 Å². The zero-order valence-electron chi connectivity index (χ0n) is 23.8. The van der Waals surface area contributed by atoms with Crippen molar-refractivity contribution in [3.63, 3.8) is 0 Å². The van der Waals surface area contributed by atoms with Crippen LogP contribution in [0.25, 0.3) is 11.1 Å². The molecular formula is C29H42N6O3S. The number of hydrazine groups is 1. The fourth-order valence-corrected chi connectivity index (χ4v) is 5.43. The van der Waals surface area contributed by atoms with Gasteiger partial charge in [0.1, 0.15) is 5.60 Å². The fourth-order valence-electron chi connectivity index (χ4n) is 4.41. The van der Waals surface area contributed by atoms with E-state index in [1.807, 2.05) is 63.2 Å². The van der Waals surface area contributed by atoms with Crippen LogP contribution in [0, 0.1) is 5.92 Å². The van der Waals surface area contributed by atoms with Gasteiger partial charge in [0.2, 0.25) is 5.91 Å². The number of hydrazone groups is 1. The SMILES string of the molecule is CC(C)(C)OC(=O)N1CCC(CC(=O)Nc2cc(-c3ccccc3/C(N)=N/NN)ccc2SC(C)(C)C)CC1. The maximum absolute atomic E-state index is 13.2. The quantitative estimate of drug-likeness (QED) is 0.120. The third-order valence-corrected chi connectivity index (χ3v) is 7.30. The Hall–Kier alpha value is -3.24. The smallest absolute Gasteiger partial charge is 0.410 e. The standard InChI is InChI=1S/C29H42N6O3S/c1-28(2,3)38-27(37)35-15-13-19(14-16-35)17-25(36)32-23-18-20(11-12-24(23)39-29(4,5)6)21-9-7-8-10-22(21)26(30)33-34-31/h7-12,18-19,34H,13-17,31H2,1-6H3,(H2,30,33)(H,32,36). The molecule has 0 radical (unpaired) electrons. The van der Waals surface area contributed by atoms with Gasteiger partial charge in [-0.1, -0.05) is 51.1 Å². The number of rotatable bonds is 7. The Bertz CT molecular complexity index is 1190. The van der Waals surface area contributed by atoms with Crippen LogP contribution in [-0.4, -0.2) is 46.2 Å². The summed E-state index contributed by atoms with van der Waals surface area (Å²) >= 11 is 1.70. The molecule has 10 heteroatoms. The summed E-state index contributed by atoms with van der Waals surface area (Å²) < 4.78 is 5.45. The molecule has 1 aliphatic heterocycles. The van der Waals surface area contributed by atoms with Gasteiger partial charge < -0.3 is 20.7 Å². The molecule has 9 nitrogen and oxygen atoms in total. The fraction of sp³-hybridized carbons (Fsp3) is 0.483. The molecule has 2 aromatic rings. The molecular weight excluding hydrogens is 512 g/mol. The van der Waals surface area contributed by atoms with Crippen LogP contribution in [0.1, 0.15) is 66.4 Å². The first-order valence-electron chi connectivity index (χ1n) is 13.2. The molecule has 212 valence electrons. The van der Waals surface area contributed by atoms with Crippen LogP contribution in [-0.2, 0) is 9.53 Å². The Morgan fingerprint density at radius 1 is 1.08 bits per heavy atom. The Morgan fingerprint density at radius 3 is 2.36 bits per heavy atom. The van der Waals surface area contributed by atoms with E-state index in [0.29, 0.717) is 19.5 Å². The third-order valence-electron chi connectivity index (χ3n) is 6.11. The number of thioether (sulfide) groups is 1. The highest BCUT2D eigenvalue weighted by Gasteiger charge is 2.28. The van der Waals surface area contributed by atoms with Crippen LogP contribution in [0.3, 0.4) is 0 Å². The normalized spacial score (nSPS) is 15.2. The molecule has 0 atom stereocenters. The summed E-state index contributed by atoms with van der Waals surface area (Å²) in [5.41, 5.74) is 11.1. The van der Waals surface area contributed by atoms with Crippen molar-refractivity contribution in [1.82, 2.24) is 10.4 Å². The van der Waals surface area contributed by atoms with Crippen LogP contribution in [0.4, 0.5) is 10.5 Å². The van der Waals surface area contributed by atoms with Crippen molar-refractivity contribution in [3.05, 3.63) is 48.0 Å². The zero-order valence-corrected chi connectivity index (χ0v) is 24.7. The lowest BCUT2D eigenvalue weighted by Gasteiger charge is -2.33. The molecule has 2 amide bonds. The minimum atomic E-state index is -0.522. The molecule has 1 heterocycles. The number of likely N-dealkylation sites (tertiary alicyclic amines) is 1. The van der Waals surface area contributed by atoms with E-state index in [2.05, 4.69) is 36.7 Å². The van der Waals surface area contributed by atoms with E-state index < -0.39 is 5.60 Å². The highest BCUT2D eigenvalue weighted by Crippen LogP contribution is 2.39. The molecule has 0 aliphatic carbocycles. The van der Waals surface area contributed by atoms with Crippen molar-refractivity contribution in [1.29, 1.82) is 0 Å². The average Bonchev–Trinajstić information content (AvgIpc) is 2.84. The summed E-state index contributed by atoms with van der Waals surface area (Å²) in [6.45, 7) is 13.2. The van der Waals surface area contributed by atoms with Crippen LogP contribution in [0.2, 0.25) is 0 Å². The minimum Gasteiger partial charge on any atom is -0.444 e. The highest BCUT2D eigenvalue weighted by molar-refractivity contribution is 8.00. The van der Waals surface area contributed by atoms with Gasteiger partial charge in [0.05, 0.1) is 5.69 Å². The van der Waals surface area contributed by atoms with E-state index in [-0.39, 0.29) is 28.5 Å². The molecule has 6 N–H and O–H groups in total. The van der Waals surface area contributed by atoms with Crippen LogP contribution in [0.5, 0.6) is 0 Å². The first kappa shape index (κ1) is 30.3. The molecule has 0 spiro atoms. The maximum Gasteiger partial charge on any atom is 0.410 e. The lowest BCUT2D eigenvalue weighted by molar-refractivity contribution is -0.117. The van der Waals surface area contributed by atoms with E-state index in [9.17, 15) is 9.59 Å². The number of anilines is 1. The minimum absolute atomic E-state index is 0.0414. The summed E-state index contributed by atoms with van der Waals surface area (Å²) in [5.74, 6) is 5.77. The van der Waals surface area contributed by atoms with Gasteiger partial charge in [-0.3, -0.25) is 4.79 Å². The Labute approximate surface area is 236 Å². The van der Waals surface area contributed by atoms with E-state index >= 15 is 0 Å². The van der Waals surface area contributed by atoms with Crippen molar-refractivity contribution >= 4 is 35.3 Å². The van der Waals surface area contributed by atoms with Gasteiger partial charge in [0.15, 0.2) is 5.84 Å². The number of piperidine rings is 1. The molecule has 1 saturated heterocycles. The largest absolute Gasteiger partial charge is 0.444 e. The van der Waals surface area contributed by atoms with Crippen LogP contribution in [0.15, 0.2) is 52.5 Å². The number of nitrogens with one attached hydrogen (secondary N) is 2. The number of ether oxygens (including phenoxy) is 1. The van der Waals surface area contributed by atoms with E-state index in [4.69, 9.17) is 16.3 Å². The van der Waals surface area contributed by atoms with Gasteiger partial charge in [-0.25, -0.2) is 16.2 Å². The topological polar surface area (TPSA) is 135 Å². The lowest BCUT2D eigenvalue weighted by atomic mass is 9.93. The van der Waals surface area contributed by atoms with Gasteiger partial charge >= 0.3 is 6.09 Å². The lowest BCUT2D eigenvalue weighted by Crippen LogP contribution is -2.42. The van der Waals surface area contributed by atoms with Crippen LogP contribution >= 0.6 is 11.8 Å². The van der Waals surface area contributed by atoms with Gasteiger partial charge in [-0.15, -0.1) is 16.9 Å². The van der Waals surface area contributed by atoms with Gasteiger partial charge in [0.25, 0.3) is 0 Å². The number of carbonyl (C=O) groups is 2. The van der Waals surface area contributed by atoms with Crippen molar-refractivity contribution in [3.8, 4) is 11.1 Å². The molecule has 3 rings (SSSR count). The average molecular weight is 555 g/mol. The highest BCUT2D eigenvalue weighted by atomic mass is 32.2. The summed E-state index contributed by atoms with van der Waals surface area (Å²) in [5, 5.41) is 7.10. The van der Waals surface area contributed by atoms with E-state index in [0.717, 1.165) is 40.1 Å². The summed E-state index contributed by atoms with van der Waals surface area (Å²) in [4.78, 5) is 28.3. The van der Waals surface area contributed by atoms with Gasteiger partial charge in [-0.05, 0) is 62.8 Å². The summed E-state index contributed by atoms with van der Waals surface area (Å²) in [6.07, 6.45) is 1.62. The van der Waals surface area contributed by atoms with E-state index in [1.54, 1.807) is 16.7 Å². The molecule has 2 aromatic carbocycles. The van der Waals surface area contributed by atoms with E-state index in [1.165, 1.54) is 0 Å². The third kappa shape index (κ3) is 9.18. The monoisotopic (exact) mass is 554 g/mol. The van der Waals surface area contributed by atoms with Crippen molar-refractivity contribution in [2.75, 3.05) is 18.4 Å². The second-order valence-corrected chi connectivity index (χ2v) is 13.6. The maximum atomic E-state index is 13.2. The second-order valence-electron chi connectivity index (χ2n) is 11.8. The number of nitrogens with two attached hydrogens (primary N) is 2. The molecule has 0 saturated carbocycles. The molecule has 0 bridgehead atoms. The first-order chi connectivity index (χ1) is 18.3.